The topological polar surface area (TPSA) is 122 Å². The number of nitrogens with one attached hydrogen (secondary N) is 3. The fraction of sp³-hybridized carbons (Fsp3) is 0.0690. The lowest BCUT2D eigenvalue weighted by atomic mass is 10.1. The van der Waals surface area contributed by atoms with Gasteiger partial charge in [-0.25, -0.2) is 14.2 Å². The molecule has 1 atom stereocenters. The smallest absolute Gasteiger partial charge is 0.321 e. The standard InChI is InChI=1S/C29H24FN5O3/c30-20-10-14-23(15-11-20)38-22-12-8-18(9-13-22)24-6-3-7-27(33-24)35-29(37)34-26(28(31)36)17-21-16-19-4-1-2-5-25(19)32-21/h1-16,26,32H,17H2,(H2,31,36)(H2,33,34,35,37)/t26-/m1/s1. The van der Waals surface area contributed by atoms with Crippen molar-refractivity contribution in [2.45, 2.75) is 12.5 Å². The predicted molar refractivity (Wildman–Crippen MR) is 143 cm³/mol. The average Bonchev–Trinajstić information content (AvgIpc) is 3.33. The third kappa shape index (κ3) is 5.96. The number of aromatic amines is 1. The van der Waals surface area contributed by atoms with Crippen molar-refractivity contribution in [1.82, 2.24) is 15.3 Å². The van der Waals surface area contributed by atoms with Gasteiger partial charge in [-0.1, -0.05) is 24.3 Å². The van der Waals surface area contributed by atoms with E-state index in [0.29, 0.717) is 23.0 Å². The number of aromatic nitrogens is 2. The number of benzene rings is 3. The lowest BCUT2D eigenvalue weighted by Gasteiger charge is -2.15. The number of primary amides is 1. The van der Waals surface area contributed by atoms with E-state index in [-0.39, 0.29) is 12.2 Å². The van der Waals surface area contributed by atoms with E-state index in [4.69, 9.17) is 10.5 Å². The van der Waals surface area contributed by atoms with Crippen molar-refractivity contribution >= 4 is 28.7 Å². The lowest BCUT2D eigenvalue weighted by molar-refractivity contribution is -0.119. The van der Waals surface area contributed by atoms with Crippen molar-refractivity contribution in [1.29, 1.82) is 0 Å². The van der Waals surface area contributed by atoms with Crippen LogP contribution in [-0.4, -0.2) is 27.9 Å². The van der Waals surface area contributed by atoms with Crippen LogP contribution in [0.4, 0.5) is 15.0 Å². The van der Waals surface area contributed by atoms with Gasteiger partial charge in [-0.2, -0.15) is 0 Å². The van der Waals surface area contributed by atoms with E-state index >= 15 is 0 Å². The SMILES string of the molecule is NC(=O)[C@@H](Cc1cc2ccccc2[nH]1)NC(=O)Nc1cccc(-c2ccc(Oc3ccc(F)cc3)cc2)n1. The summed E-state index contributed by atoms with van der Waals surface area (Å²) in [4.78, 5) is 32.4. The van der Waals surface area contributed by atoms with Gasteiger partial charge in [0.1, 0.15) is 29.2 Å². The molecule has 0 saturated heterocycles. The fourth-order valence-electron chi connectivity index (χ4n) is 3.99. The minimum absolute atomic E-state index is 0.219. The van der Waals surface area contributed by atoms with Gasteiger partial charge in [-0.05, 0) is 78.2 Å². The van der Waals surface area contributed by atoms with E-state index in [2.05, 4.69) is 20.6 Å². The summed E-state index contributed by atoms with van der Waals surface area (Å²) in [5.41, 5.74) is 8.69. The number of halogens is 1. The number of ether oxygens (including phenoxy) is 1. The van der Waals surface area contributed by atoms with Gasteiger partial charge in [0.05, 0.1) is 5.69 Å². The van der Waals surface area contributed by atoms with E-state index in [1.807, 2.05) is 42.5 Å². The monoisotopic (exact) mass is 509 g/mol. The predicted octanol–water partition coefficient (Wildman–Crippen LogP) is 5.38. The van der Waals surface area contributed by atoms with Crippen LogP contribution in [0.25, 0.3) is 22.2 Å². The Morgan fingerprint density at radius 2 is 1.63 bits per heavy atom. The summed E-state index contributed by atoms with van der Waals surface area (Å²) in [6.45, 7) is 0. The summed E-state index contributed by atoms with van der Waals surface area (Å²) in [5.74, 6) is 0.430. The third-order valence-corrected chi connectivity index (χ3v) is 5.85. The highest BCUT2D eigenvalue weighted by Gasteiger charge is 2.20. The number of rotatable bonds is 8. The van der Waals surface area contributed by atoms with E-state index in [1.165, 1.54) is 12.1 Å². The Morgan fingerprint density at radius 3 is 2.34 bits per heavy atom. The molecule has 0 aliphatic carbocycles. The van der Waals surface area contributed by atoms with Crippen molar-refractivity contribution in [3.8, 4) is 22.8 Å². The van der Waals surface area contributed by atoms with Gasteiger partial charge < -0.3 is 20.8 Å². The van der Waals surface area contributed by atoms with Crippen LogP contribution in [0.1, 0.15) is 5.69 Å². The van der Waals surface area contributed by atoms with Gasteiger partial charge in [0, 0.05) is 23.2 Å². The average molecular weight is 510 g/mol. The molecule has 2 aromatic heterocycles. The summed E-state index contributed by atoms with van der Waals surface area (Å²) in [5, 5.41) is 6.30. The number of nitrogens with zero attached hydrogens (tertiary/aromatic N) is 1. The maximum absolute atomic E-state index is 13.1. The molecule has 0 unspecified atom stereocenters. The molecule has 0 aliphatic heterocycles. The van der Waals surface area contributed by atoms with Crippen molar-refractivity contribution in [2.75, 3.05) is 5.32 Å². The lowest BCUT2D eigenvalue weighted by Crippen LogP contribution is -2.47. The third-order valence-electron chi connectivity index (χ3n) is 5.85. The maximum atomic E-state index is 13.1. The molecule has 8 nitrogen and oxygen atoms in total. The minimum atomic E-state index is -0.917. The summed E-state index contributed by atoms with van der Waals surface area (Å²) >= 11 is 0. The number of anilines is 1. The van der Waals surface area contributed by atoms with E-state index < -0.39 is 18.0 Å². The normalized spacial score (nSPS) is 11.6. The highest BCUT2D eigenvalue weighted by molar-refractivity contribution is 5.93. The fourth-order valence-corrected chi connectivity index (χ4v) is 3.99. The van der Waals surface area contributed by atoms with Crippen molar-refractivity contribution < 1.29 is 18.7 Å². The largest absolute Gasteiger partial charge is 0.457 e. The Labute approximate surface area is 217 Å². The molecule has 190 valence electrons. The molecule has 3 amide bonds. The van der Waals surface area contributed by atoms with Crippen LogP contribution in [-0.2, 0) is 11.2 Å². The number of carbonyl (C=O) groups excluding carboxylic acids is 2. The second-order valence-corrected chi connectivity index (χ2v) is 8.63. The van der Waals surface area contributed by atoms with Gasteiger partial charge in [0.2, 0.25) is 5.91 Å². The molecule has 0 fully saturated rings. The summed E-state index contributed by atoms with van der Waals surface area (Å²) in [6, 6.07) is 26.3. The van der Waals surface area contributed by atoms with Crippen LogP contribution in [0, 0.1) is 5.82 Å². The molecule has 38 heavy (non-hydrogen) atoms. The van der Waals surface area contributed by atoms with Gasteiger partial charge in [0.25, 0.3) is 0 Å². The number of hydrogen-bond acceptors (Lipinski definition) is 4. The van der Waals surface area contributed by atoms with Crippen molar-refractivity contribution in [3.63, 3.8) is 0 Å². The first-order valence-electron chi connectivity index (χ1n) is 11.9. The minimum Gasteiger partial charge on any atom is -0.457 e. The van der Waals surface area contributed by atoms with Crippen LogP contribution >= 0.6 is 0 Å². The van der Waals surface area contributed by atoms with Crippen LogP contribution in [0.3, 0.4) is 0 Å². The molecule has 5 N–H and O–H groups in total. The van der Waals surface area contributed by atoms with Crippen LogP contribution < -0.4 is 21.1 Å². The van der Waals surface area contributed by atoms with E-state index in [9.17, 15) is 14.0 Å². The van der Waals surface area contributed by atoms with Crippen LogP contribution in [0.15, 0.2) is 97.1 Å². The van der Waals surface area contributed by atoms with Gasteiger partial charge >= 0.3 is 6.03 Å². The zero-order chi connectivity index (χ0) is 26.5. The number of amides is 3. The number of para-hydroxylation sites is 1. The molecule has 5 rings (SSSR count). The second kappa shape index (κ2) is 10.8. The molecule has 9 heteroatoms. The Hall–Kier alpha value is -5.18. The number of hydrogen-bond donors (Lipinski definition) is 4. The Balaban J connectivity index is 1.22. The molecule has 2 heterocycles. The van der Waals surface area contributed by atoms with Gasteiger partial charge in [-0.15, -0.1) is 0 Å². The summed E-state index contributed by atoms with van der Waals surface area (Å²) < 4.78 is 18.8. The number of carbonyl (C=O) groups is 2. The number of urea groups is 1. The number of nitrogens with two attached hydrogens (primary N) is 1. The molecule has 0 radical (unpaired) electrons. The first-order chi connectivity index (χ1) is 18.4. The molecule has 0 spiro atoms. The van der Waals surface area contributed by atoms with Crippen molar-refractivity contribution in [2.24, 2.45) is 5.73 Å². The van der Waals surface area contributed by atoms with Gasteiger partial charge in [-0.3, -0.25) is 10.1 Å². The van der Waals surface area contributed by atoms with E-state index in [1.54, 1.807) is 42.5 Å². The highest BCUT2D eigenvalue weighted by Crippen LogP contribution is 2.26. The Morgan fingerprint density at radius 1 is 0.921 bits per heavy atom. The number of H-pyrrole nitrogens is 1. The van der Waals surface area contributed by atoms with Crippen molar-refractivity contribution in [3.05, 3.63) is 109 Å². The molecular formula is C29H24FN5O3. The second-order valence-electron chi connectivity index (χ2n) is 8.63. The molecule has 0 aliphatic rings. The molecular weight excluding hydrogens is 485 g/mol. The van der Waals surface area contributed by atoms with Gasteiger partial charge in [0.15, 0.2) is 0 Å². The Bertz CT molecular complexity index is 1550. The van der Waals surface area contributed by atoms with Crippen LogP contribution in [0.2, 0.25) is 0 Å². The van der Waals surface area contributed by atoms with E-state index in [0.717, 1.165) is 22.2 Å². The quantitative estimate of drug-likeness (QED) is 0.224. The zero-order valence-electron chi connectivity index (χ0n) is 20.1. The Kier molecular flexibility index (Phi) is 6.99. The molecule has 3 aromatic carbocycles. The number of pyridine rings is 1. The zero-order valence-corrected chi connectivity index (χ0v) is 20.1. The maximum Gasteiger partial charge on any atom is 0.321 e. The molecule has 5 aromatic rings. The summed E-state index contributed by atoms with van der Waals surface area (Å²) in [7, 11) is 0. The first-order valence-corrected chi connectivity index (χ1v) is 11.9. The molecule has 0 bridgehead atoms. The number of fused-ring (bicyclic) bond motifs is 1. The first kappa shape index (κ1) is 24.5. The molecule has 0 saturated carbocycles. The highest BCUT2D eigenvalue weighted by atomic mass is 19.1. The summed E-state index contributed by atoms with van der Waals surface area (Å²) in [6.07, 6.45) is 0.219. The van der Waals surface area contributed by atoms with Crippen LogP contribution in [0.5, 0.6) is 11.5 Å².